The van der Waals surface area contributed by atoms with E-state index in [0.29, 0.717) is 36.4 Å². The Bertz CT molecular complexity index is 957. The molecule has 0 aliphatic carbocycles. The monoisotopic (exact) mass is 353 g/mol. The SMILES string of the molecule is CC[C@@H](O)c1cc2n(n1)CCCN(C(=O)c1cccc3cc(C)oc13)C2. The van der Waals surface area contributed by atoms with E-state index in [2.05, 4.69) is 5.10 Å². The predicted molar refractivity (Wildman–Crippen MR) is 97.8 cm³/mol. The Labute approximate surface area is 152 Å². The molecule has 0 bridgehead atoms. The quantitative estimate of drug-likeness (QED) is 0.783. The van der Waals surface area contributed by atoms with Crippen LogP contribution in [0.2, 0.25) is 0 Å². The highest BCUT2D eigenvalue weighted by atomic mass is 16.3. The summed E-state index contributed by atoms with van der Waals surface area (Å²) in [7, 11) is 0. The molecule has 3 aromatic rings. The van der Waals surface area contributed by atoms with Gasteiger partial charge >= 0.3 is 0 Å². The number of aliphatic hydroxyl groups excluding tert-OH is 1. The molecule has 0 fully saturated rings. The molecule has 1 aliphatic rings. The third-order valence-corrected chi connectivity index (χ3v) is 4.95. The molecular weight excluding hydrogens is 330 g/mol. The second kappa shape index (κ2) is 6.61. The van der Waals surface area contributed by atoms with Crippen LogP contribution < -0.4 is 0 Å². The van der Waals surface area contributed by atoms with E-state index in [0.717, 1.165) is 29.8 Å². The summed E-state index contributed by atoms with van der Waals surface area (Å²) in [4.78, 5) is 15.0. The second-order valence-electron chi connectivity index (χ2n) is 6.87. The Kier molecular flexibility index (Phi) is 4.28. The zero-order valence-corrected chi connectivity index (χ0v) is 15.1. The van der Waals surface area contributed by atoms with Gasteiger partial charge in [-0.25, -0.2) is 0 Å². The number of carbonyl (C=O) groups is 1. The smallest absolute Gasteiger partial charge is 0.258 e. The Hall–Kier alpha value is -2.60. The zero-order chi connectivity index (χ0) is 18.3. The van der Waals surface area contributed by atoms with Gasteiger partial charge in [0.25, 0.3) is 5.91 Å². The molecule has 26 heavy (non-hydrogen) atoms. The number of nitrogens with zero attached hydrogens (tertiary/aromatic N) is 3. The van der Waals surface area contributed by atoms with Gasteiger partial charge < -0.3 is 14.4 Å². The lowest BCUT2D eigenvalue weighted by Gasteiger charge is -2.20. The molecule has 2 aromatic heterocycles. The molecule has 0 unspecified atom stereocenters. The number of amides is 1. The summed E-state index contributed by atoms with van der Waals surface area (Å²) in [5, 5.41) is 15.5. The number of rotatable bonds is 3. The van der Waals surface area contributed by atoms with E-state index >= 15 is 0 Å². The third-order valence-electron chi connectivity index (χ3n) is 4.95. The van der Waals surface area contributed by atoms with Crippen LogP contribution >= 0.6 is 0 Å². The number of carbonyl (C=O) groups excluding carboxylic acids is 1. The third kappa shape index (κ3) is 2.90. The molecule has 0 radical (unpaired) electrons. The lowest BCUT2D eigenvalue weighted by molar-refractivity contribution is 0.0746. The van der Waals surface area contributed by atoms with Crippen molar-refractivity contribution in [1.82, 2.24) is 14.7 Å². The molecule has 0 saturated carbocycles. The van der Waals surface area contributed by atoms with Gasteiger partial charge in [-0.15, -0.1) is 0 Å². The summed E-state index contributed by atoms with van der Waals surface area (Å²) in [6, 6.07) is 9.53. The maximum atomic E-state index is 13.2. The summed E-state index contributed by atoms with van der Waals surface area (Å²) in [6.07, 6.45) is 0.896. The first kappa shape index (κ1) is 16.8. The van der Waals surface area contributed by atoms with E-state index in [-0.39, 0.29) is 5.91 Å². The fourth-order valence-corrected chi connectivity index (χ4v) is 3.56. The molecule has 136 valence electrons. The number of aromatic nitrogens is 2. The van der Waals surface area contributed by atoms with Crippen LogP contribution in [0.4, 0.5) is 0 Å². The Morgan fingerprint density at radius 3 is 3.00 bits per heavy atom. The molecule has 6 nitrogen and oxygen atoms in total. The van der Waals surface area contributed by atoms with Crippen LogP contribution in [0.25, 0.3) is 11.0 Å². The van der Waals surface area contributed by atoms with Crippen molar-refractivity contribution in [1.29, 1.82) is 0 Å². The van der Waals surface area contributed by atoms with E-state index in [9.17, 15) is 9.90 Å². The summed E-state index contributed by atoms with van der Waals surface area (Å²) < 4.78 is 7.68. The number of hydrogen-bond acceptors (Lipinski definition) is 4. The average molecular weight is 353 g/mol. The minimum atomic E-state index is -0.557. The molecule has 0 spiro atoms. The molecule has 6 heteroatoms. The topological polar surface area (TPSA) is 71.5 Å². The van der Waals surface area contributed by atoms with E-state index in [1.165, 1.54) is 0 Å². The highest BCUT2D eigenvalue weighted by Gasteiger charge is 2.25. The van der Waals surface area contributed by atoms with Crippen LogP contribution in [0.5, 0.6) is 0 Å². The van der Waals surface area contributed by atoms with Gasteiger partial charge in [-0.2, -0.15) is 5.10 Å². The van der Waals surface area contributed by atoms with Crippen molar-refractivity contribution in [2.24, 2.45) is 0 Å². The number of furan rings is 1. The van der Waals surface area contributed by atoms with Gasteiger partial charge in [0.1, 0.15) is 11.3 Å². The molecule has 1 amide bonds. The Morgan fingerprint density at radius 2 is 2.19 bits per heavy atom. The Balaban J connectivity index is 1.65. The molecule has 4 rings (SSSR count). The van der Waals surface area contributed by atoms with Gasteiger partial charge in [0, 0.05) is 18.5 Å². The number of para-hydroxylation sites is 1. The number of hydrogen-bond donors (Lipinski definition) is 1. The number of fused-ring (bicyclic) bond motifs is 2. The van der Waals surface area contributed by atoms with E-state index in [1.54, 1.807) is 0 Å². The highest BCUT2D eigenvalue weighted by Crippen LogP contribution is 2.26. The van der Waals surface area contributed by atoms with Crippen molar-refractivity contribution in [2.45, 2.75) is 45.9 Å². The van der Waals surface area contributed by atoms with Gasteiger partial charge in [0.2, 0.25) is 0 Å². The molecule has 3 heterocycles. The lowest BCUT2D eigenvalue weighted by Crippen LogP contribution is -2.30. The summed E-state index contributed by atoms with van der Waals surface area (Å²) in [5.41, 5.74) is 2.88. The highest BCUT2D eigenvalue weighted by molar-refractivity contribution is 6.05. The lowest BCUT2D eigenvalue weighted by atomic mass is 10.1. The average Bonchev–Trinajstić information content (AvgIpc) is 3.16. The first-order valence-corrected chi connectivity index (χ1v) is 9.10. The maximum Gasteiger partial charge on any atom is 0.258 e. The second-order valence-corrected chi connectivity index (χ2v) is 6.87. The van der Waals surface area contributed by atoms with E-state index < -0.39 is 6.10 Å². The summed E-state index contributed by atoms with van der Waals surface area (Å²) in [5.74, 6) is 0.768. The van der Waals surface area contributed by atoms with Crippen LogP contribution in [0.15, 0.2) is 34.7 Å². The van der Waals surface area contributed by atoms with Gasteiger partial charge in [0.15, 0.2) is 0 Å². The molecular formula is C20H23N3O3. The number of aliphatic hydroxyl groups is 1. The van der Waals surface area contributed by atoms with Gasteiger partial charge in [-0.05, 0) is 38.0 Å². The van der Waals surface area contributed by atoms with Gasteiger partial charge in [-0.3, -0.25) is 9.48 Å². The summed E-state index contributed by atoms with van der Waals surface area (Å²) in [6.45, 7) is 5.72. The van der Waals surface area contributed by atoms with Gasteiger partial charge in [-0.1, -0.05) is 19.1 Å². The van der Waals surface area contributed by atoms with Crippen molar-refractivity contribution in [2.75, 3.05) is 6.54 Å². The van der Waals surface area contributed by atoms with Crippen LogP contribution in [0, 0.1) is 6.92 Å². The minimum absolute atomic E-state index is 0.0304. The maximum absolute atomic E-state index is 13.2. The van der Waals surface area contributed by atoms with Crippen molar-refractivity contribution < 1.29 is 14.3 Å². The largest absolute Gasteiger partial charge is 0.461 e. The molecule has 1 N–H and O–H groups in total. The van der Waals surface area contributed by atoms with E-state index in [1.807, 2.05) is 53.8 Å². The first-order chi connectivity index (χ1) is 12.6. The van der Waals surface area contributed by atoms with Crippen molar-refractivity contribution in [3.05, 3.63) is 53.0 Å². The normalized spacial score (nSPS) is 15.7. The molecule has 1 aromatic carbocycles. The number of benzene rings is 1. The molecule has 1 aliphatic heterocycles. The van der Waals surface area contributed by atoms with E-state index in [4.69, 9.17) is 4.42 Å². The molecule has 1 atom stereocenters. The fraction of sp³-hybridized carbons (Fsp3) is 0.400. The van der Waals surface area contributed by atoms with Crippen LogP contribution in [0.1, 0.15) is 53.4 Å². The van der Waals surface area contributed by atoms with Crippen molar-refractivity contribution >= 4 is 16.9 Å². The zero-order valence-electron chi connectivity index (χ0n) is 15.1. The standard InChI is InChI=1S/C20H23N3O3/c1-3-18(24)17-11-15-12-22(8-5-9-23(15)21-17)20(25)16-7-4-6-14-10-13(2)26-19(14)16/h4,6-7,10-11,18,24H,3,5,8-9,12H2,1-2H3/t18-/m1/s1. The fourth-order valence-electron chi connectivity index (χ4n) is 3.56. The molecule has 0 saturated heterocycles. The predicted octanol–water partition coefficient (Wildman–Crippen LogP) is 3.43. The van der Waals surface area contributed by atoms with Crippen LogP contribution in [-0.4, -0.2) is 32.2 Å². The van der Waals surface area contributed by atoms with Crippen LogP contribution in [0.3, 0.4) is 0 Å². The Morgan fingerprint density at radius 1 is 1.35 bits per heavy atom. The van der Waals surface area contributed by atoms with Crippen LogP contribution in [-0.2, 0) is 13.1 Å². The van der Waals surface area contributed by atoms with Crippen molar-refractivity contribution in [3.8, 4) is 0 Å². The number of aryl methyl sites for hydroxylation is 2. The first-order valence-electron chi connectivity index (χ1n) is 9.10. The van der Waals surface area contributed by atoms with Crippen molar-refractivity contribution in [3.63, 3.8) is 0 Å². The van der Waals surface area contributed by atoms with Gasteiger partial charge in [0.05, 0.1) is 29.6 Å². The summed E-state index contributed by atoms with van der Waals surface area (Å²) >= 11 is 0. The minimum Gasteiger partial charge on any atom is -0.461 e.